The number of hydrogen-bond donors (Lipinski definition) is 3. The molecule has 0 amide bonds. The van der Waals surface area contributed by atoms with Gasteiger partial charge in [-0.25, -0.2) is 0 Å². The van der Waals surface area contributed by atoms with Crippen molar-refractivity contribution in [3.8, 4) is 0 Å². The monoisotopic (exact) mass is 201 g/mol. The molecule has 8 heteroatoms. The van der Waals surface area contributed by atoms with Gasteiger partial charge in [-0.3, -0.25) is 14.9 Å². The van der Waals surface area contributed by atoms with Crippen molar-refractivity contribution in [3.63, 3.8) is 0 Å². The van der Waals surface area contributed by atoms with E-state index in [4.69, 9.17) is 0 Å². The maximum absolute atomic E-state index is 11.0. The number of nitrogens with one attached hydrogen (secondary N) is 3. The van der Waals surface area contributed by atoms with Crippen molar-refractivity contribution >= 4 is 24.0 Å². The molecular weight excluding hydrogens is 196 g/mol. The fourth-order valence-corrected chi connectivity index (χ4v) is 0.762. The number of nitrogens with zero attached hydrogens (tertiary/aromatic N) is 1. The summed E-state index contributed by atoms with van der Waals surface area (Å²) in [6.07, 6.45) is 0. The summed E-state index contributed by atoms with van der Waals surface area (Å²) in [5.41, 5.74) is -0.579. The smallest absolute Gasteiger partial charge is 0.294 e. The van der Waals surface area contributed by atoms with E-state index in [-0.39, 0.29) is 10.6 Å². The van der Waals surface area contributed by atoms with Gasteiger partial charge in [0.15, 0.2) is 4.77 Å². The van der Waals surface area contributed by atoms with Crippen LogP contribution < -0.4 is 16.0 Å². The van der Waals surface area contributed by atoms with Gasteiger partial charge in [0.1, 0.15) is 0 Å². The summed E-state index contributed by atoms with van der Waals surface area (Å²) in [7, 11) is 0. The van der Waals surface area contributed by atoms with Crippen LogP contribution in [0, 0.1) is 4.77 Å². The number of H-pyrrole nitrogens is 2. The number of aromatic amines is 2. The molecule has 1 rings (SSSR count). The van der Waals surface area contributed by atoms with Gasteiger partial charge in [-0.15, -0.1) is 5.10 Å². The Morgan fingerprint density at radius 1 is 1.69 bits per heavy atom. The molecule has 0 saturated heterocycles. The molecule has 3 N–H and O–H groups in total. The van der Waals surface area contributed by atoms with E-state index in [2.05, 4.69) is 32.7 Å². The van der Waals surface area contributed by atoms with E-state index >= 15 is 0 Å². The van der Waals surface area contributed by atoms with Crippen LogP contribution in [0.25, 0.3) is 0 Å². The molecule has 0 aliphatic carbocycles. The van der Waals surface area contributed by atoms with E-state index in [9.17, 15) is 14.7 Å². The maximum Gasteiger partial charge on any atom is 0.294 e. The zero-order chi connectivity index (χ0) is 9.84. The normalized spacial score (nSPS) is 9.54. The predicted octanol–water partition coefficient (Wildman–Crippen LogP) is -2.01. The average Bonchev–Trinajstić information content (AvgIpc) is 2.02. The van der Waals surface area contributed by atoms with Crippen molar-refractivity contribution in [2.75, 3.05) is 11.9 Å². The topological polar surface area (TPSA) is 114 Å². The molecule has 0 bridgehead atoms. The molecule has 0 fully saturated rings. The van der Waals surface area contributed by atoms with Crippen LogP contribution in [0.5, 0.6) is 0 Å². The van der Waals surface area contributed by atoms with Gasteiger partial charge in [0.25, 0.3) is 5.56 Å². The highest BCUT2D eigenvalue weighted by Gasteiger charge is 1.98. The van der Waals surface area contributed by atoms with Gasteiger partial charge in [0.2, 0.25) is 5.82 Å². The molecule has 1 aromatic heterocycles. The lowest BCUT2D eigenvalue weighted by Gasteiger charge is -2.03. The highest BCUT2D eigenvalue weighted by Crippen LogP contribution is 1.85. The van der Waals surface area contributed by atoms with Crippen molar-refractivity contribution in [2.45, 2.75) is 0 Å². The third-order valence-electron chi connectivity index (χ3n) is 1.11. The van der Waals surface area contributed by atoms with Crippen LogP contribution in [0.15, 0.2) is 4.79 Å². The summed E-state index contributed by atoms with van der Waals surface area (Å²) in [6, 6.07) is 0. The van der Waals surface area contributed by atoms with Gasteiger partial charge in [0, 0.05) is 0 Å². The third kappa shape index (κ3) is 2.67. The Hall–Kier alpha value is -1.70. The van der Waals surface area contributed by atoms with Crippen LogP contribution in [0.4, 0.5) is 5.82 Å². The fourth-order valence-electron chi connectivity index (χ4n) is 0.623. The first-order chi connectivity index (χ1) is 6.09. The molecule has 7 nitrogen and oxygen atoms in total. The summed E-state index contributed by atoms with van der Waals surface area (Å²) in [6.45, 7) is -0.485. The molecule has 0 radical (unpaired) electrons. The SMILES string of the molecule is O=C([O-])CNc1n[nH]c(=S)[nH]c1=O. The first-order valence-electron chi connectivity index (χ1n) is 3.22. The number of anilines is 1. The number of aromatic nitrogens is 3. The molecule has 70 valence electrons. The van der Waals surface area contributed by atoms with E-state index < -0.39 is 18.1 Å². The number of carbonyl (C=O) groups is 1. The standard InChI is InChI=1S/C5H6N4O3S/c10-2(11)1-6-3-4(12)7-5(13)9-8-3/h1H2,(H,6,8)(H,10,11)(H2,7,9,12,13)/p-1. The second-order valence-electron chi connectivity index (χ2n) is 2.08. The highest BCUT2D eigenvalue weighted by molar-refractivity contribution is 7.71. The van der Waals surface area contributed by atoms with Crippen LogP contribution in [0.3, 0.4) is 0 Å². The summed E-state index contributed by atoms with van der Waals surface area (Å²) >= 11 is 4.56. The van der Waals surface area contributed by atoms with Gasteiger partial charge in [-0.2, -0.15) is 0 Å². The fraction of sp³-hybridized carbons (Fsp3) is 0.200. The minimum atomic E-state index is -1.33. The Morgan fingerprint density at radius 2 is 2.38 bits per heavy atom. The Bertz CT molecular complexity index is 422. The van der Waals surface area contributed by atoms with Crippen LogP contribution in [0.1, 0.15) is 0 Å². The van der Waals surface area contributed by atoms with Crippen LogP contribution in [0.2, 0.25) is 0 Å². The minimum Gasteiger partial charge on any atom is -0.548 e. The van der Waals surface area contributed by atoms with Crippen molar-refractivity contribution in [1.29, 1.82) is 0 Å². The zero-order valence-corrected chi connectivity index (χ0v) is 7.10. The molecule has 1 aromatic rings. The zero-order valence-electron chi connectivity index (χ0n) is 6.29. The Morgan fingerprint density at radius 3 is 2.92 bits per heavy atom. The Balaban J connectivity index is 2.84. The van der Waals surface area contributed by atoms with E-state index in [1.807, 2.05) is 0 Å². The molecule has 13 heavy (non-hydrogen) atoms. The lowest BCUT2D eigenvalue weighted by atomic mass is 10.6. The van der Waals surface area contributed by atoms with E-state index in [1.54, 1.807) is 0 Å². The van der Waals surface area contributed by atoms with Gasteiger partial charge in [0.05, 0.1) is 12.5 Å². The Labute approximate surface area is 76.8 Å². The summed E-state index contributed by atoms with van der Waals surface area (Å²) in [5.74, 6) is -1.47. The quantitative estimate of drug-likeness (QED) is 0.487. The predicted molar refractivity (Wildman–Crippen MR) is 43.5 cm³/mol. The number of hydrogen-bond acceptors (Lipinski definition) is 6. The lowest BCUT2D eigenvalue weighted by Crippen LogP contribution is -2.32. The molecular formula is C5H5N4O3S-. The lowest BCUT2D eigenvalue weighted by molar-refractivity contribution is -0.302. The molecule has 0 atom stereocenters. The van der Waals surface area contributed by atoms with Gasteiger partial charge in [-0.1, -0.05) is 0 Å². The van der Waals surface area contributed by atoms with E-state index in [1.165, 1.54) is 0 Å². The second-order valence-corrected chi connectivity index (χ2v) is 2.49. The first-order valence-corrected chi connectivity index (χ1v) is 3.63. The summed E-state index contributed by atoms with van der Waals surface area (Å²) in [4.78, 5) is 23.2. The van der Waals surface area contributed by atoms with Crippen LogP contribution in [-0.4, -0.2) is 27.7 Å². The number of rotatable bonds is 3. The largest absolute Gasteiger partial charge is 0.548 e. The summed E-state index contributed by atoms with van der Waals surface area (Å²) in [5, 5.41) is 18.0. The van der Waals surface area contributed by atoms with Crippen LogP contribution in [-0.2, 0) is 4.79 Å². The van der Waals surface area contributed by atoms with E-state index in [0.717, 1.165) is 0 Å². The molecule has 1 heterocycles. The highest BCUT2D eigenvalue weighted by atomic mass is 32.1. The van der Waals surface area contributed by atoms with Crippen molar-refractivity contribution in [1.82, 2.24) is 15.2 Å². The van der Waals surface area contributed by atoms with Crippen LogP contribution >= 0.6 is 12.2 Å². The van der Waals surface area contributed by atoms with Gasteiger partial charge >= 0.3 is 0 Å². The Kier molecular flexibility index (Phi) is 2.75. The first kappa shape index (κ1) is 9.39. The second kappa shape index (κ2) is 3.81. The van der Waals surface area contributed by atoms with Crippen molar-refractivity contribution < 1.29 is 9.90 Å². The van der Waals surface area contributed by atoms with Crippen molar-refractivity contribution in [2.24, 2.45) is 0 Å². The third-order valence-corrected chi connectivity index (χ3v) is 1.30. The van der Waals surface area contributed by atoms with E-state index in [0.29, 0.717) is 0 Å². The van der Waals surface area contributed by atoms with Gasteiger partial charge in [-0.05, 0) is 12.2 Å². The molecule has 0 aliphatic rings. The molecule has 0 aliphatic heterocycles. The molecule has 0 unspecified atom stereocenters. The van der Waals surface area contributed by atoms with Crippen molar-refractivity contribution in [3.05, 3.63) is 15.1 Å². The maximum atomic E-state index is 11.0. The molecule has 0 spiro atoms. The average molecular weight is 201 g/mol. The minimum absolute atomic E-state index is 0.0731. The number of carboxylic acid groups (broad SMARTS) is 1. The number of carboxylic acids is 1. The number of carbonyl (C=O) groups excluding carboxylic acids is 1. The number of aliphatic carboxylic acids is 1. The summed E-state index contributed by atoms with van der Waals surface area (Å²) < 4.78 is 0.0731. The molecule has 0 saturated carbocycles. The van der Waals surface area contributed by atoms with Gasteiger partial charge < -0.3 is 15.2 Å². The molecule has 0 aromatic carbocycles.